The van der Waals surface area contributed by atoms with Crippen molar-refractivity contribution in [3.8, 4) is 28.0 Å². The second-order valence-corrected chi connectivity index (χ2v) is 15.6. The molecule has 326 valence electrons. The quantitative estimate of drug-likeness (QED) is 0.0984. The van der Waals surface area contributed by atoms with Gasteiger partial charge in [-0.1, -0.05) is 87.4 Å². The highest BCUT2D eigenvalue weighted by Crippen LogP contribution is 2.40. The molecular formula is C52H42F10O. The third kappa shape index (κ3) is 10.2. The Morgan fingerprint density at radius 2 is 0.968 bits per heavy atom. The van der Waals surface area contributed by atoms with E-state index < -0.39 is 52.8 Å². The summed E-state index contributed by atoms with van der Waals surface area (Å²) in [4.78, 5) is 0. The second kappa shape index (κ2) is 19.1. The zero-order valence-corrected chi connectivity index (χ0v) is 34.4. The average Bonchev–Trinajstić information content (AvgIpc) is 3.24. The van der Waals surface area contributed by atoms with Gasteiger partial charge in [-0.25, -0.2) is 30.7 Å². The zero-order chi connectivity index (χ0) is 45.0. The van der Waals surface area contributed by atoms with Crippen molar-refractivity contribution in [2.75, 3.05) is 0 Å². The van der Waals surface area contributed by atoms with Crippen molar-refractivity contribution in [1.29, 1.82) is 0 Å². The highest BCUT2D eigenvalue weighted by molar-refractivity contribution is 5.87. The Hall–Kier alpha value is -6.10. The molecule has 2 aliphatic carbocycles. The van der Waals surface area contributed by atoms with Gasteiger partial charge in [0.25, 0.3) is 0 Å². The molecule has 6 aromatic carbocycles. The number of fused-ring (bicyclic) bond motifs is 2. The highest BCUT2D eigenvalue weighted by Gasteiger charge is 2.31. The van der Waals surface area contributed by atoms with Crippen LogP contribution in [0, 0.1) is 40.7 Å². The van der Waals surface area contributed by atoms with E-state index in [9.17, 15) is 35.1 Å². The van der Waals surface area contributed by atoms with Gasteiger partial charge in [-0.2, -0.15) is 0 Å². The van der Waals surface area contributed by atoms with E-state index in [1.807, 2.05) is 24.3 Å². The molecule has 0 unspecified atom stereocenters. The molecule has 0 N–H and O–H groups in total. The number of alkyl halides is 3. The number of aryl methyl sites for hydroxylation is 2. The molecule has 6 aromatic rings. The molecule has 63 heavy (non-hydrogen) atoms. The van der Waals surface area contributed by atoms with Gasteiger partial charge in [-0.05, 0) is 155 Å². The highest BCUT2D eigenvalue weighted by atomic mass is 19.4. The summed E-state index contributed by atoms with van der Waals surface area (Å²) in [6, 6.07) is 22.7. The zero-order valence-electron chi connectivity index (χ0n) is 34.4. The smallest absolute Gasteiger partial charge is 0.406 e. The molecule has 0 aliphatic heterocycles. The molecule has 1 nitrogen and oxygen atoms in total. The number of unbranched alkanes of at least 4 members (excludes halogenated alkanes) is 2. The number of halogens is 10. The molecule has 0 spiro atoms. The minimum Gasteiger partial charge on any atom is -0.406 e. The molecule has 0 bridgehead atoms. The number of allylic oxidation sites excluding steroid dienone is 2. The fourth-order valence-corrected chi connectivity index (χ4v) is 8.17. The third-order valence-corrected chi connectivity index (χ3v) is 11.4. The Labute approximate surface area is 359 Å². The van der Waals surface area contributed by atoms with E-state index in [4.69, 9.17) is 0 Å². The van der Waals surface area contributed by atoms with Crippen LogP contribution in [0.2, 0.25) is 0 Å². The van der Waals surface area contributed by atoms with E-state index in [0.29, 0.717) is 41.5 Å². The lowest BCUT2D eigenvalue weighted by atomic mass is 9.85. The molecule has 0 atom stereocenters. The lowest BCUT2D eigenvalue weighted by Crippen LogP contribution is -2.17. The van der Waals surface area contributed by atoms with Crippen LogP contribution >= 0.6 is 0 Å². The van der Waals surface area contributed by atoms with Crippen molar-refractivity contribution in [3.05, 3.63) is 182 Å². The molecule has 0 aromatic heterocycles. The van der Waals surface area contributed by atoms with Gasteiger partial charge in [0.1, 0.15) is 46.5 Å². The van der Waals surface area contributed by atoms with E-state index in [1.54, 1.807) is 6.08 Å². The number of hydrogen-bond acceptors (Lipinski definition) is 1. The molecule has 11 heteroatoms. The molecule has 0 saturated carbocycles. The maximum absolute atomic E-state index is 15.2. The fourth-order valence-electron chi connectivity index (χ4n) is 8.17. The normalized spacial score (nSPS) is 13.3. The van der Waals surface area contributed by atoms with Gasteiger partial charge >= 0.3 is 6.36 Å². The van der Waals surface area contributed by atoms with E-state index in [2.05, 4.69) is 18.6 Å². The van der Waals surface area contributed by atoms with Gasteiger partial charge in [0.2, 0.25) is 0 Å². The van der Waals surface area contributed by atoms with E-state index in [-0.39, 0.29) is 51.8 Å². The Kier molecular flexibility index (Phi) is 13.6. The van der Waals surface area contributed by atoms with Gasteiger partial charge in [-0.3, -0.25) is 0 Å². The molecule has 0 amide bonds. The van der Waals surface area contributed by atoms with Crippen LogP contribution in [0.5, 0.6) is 5.75 Å². The van der Waals surface area contributed by atoms with Gasteiger partial charge < -0.3 is 4.74 Å². The minimum absolute atomic E-state index is 0.140. The van der Waals surface area contributed by atoms with Crippen LogP contribution in [0.4, 0.5) is 43.9 Å². The number of ether oxygens (including phenoxy) is 1. The van der Waals surface area contributed by atoms with Crippen molar-refractivity contribution in [3.63, 3.8) is 0 Å². The summed E-state index contributed by atoms with van der Waals surface area (Å²) >= 11 is 0. The number of hydrogen-bond donors (Lipinski definition) is 0. The predicted molar refractivity (Wildman–Crippen MR) is 228 cm³/mol. The molecule has 0 saturated heterocycles. The van der Waals surface area contributed by atoms with Crippen molar-refractivity contribution in [2.24, 2.45) is 0 Å². The monoisotopic (exact) mass is 872 g/mol. The summed E-state index contributed by atoms with van der Waals surface area (Å²) in [7, 11) is 0. The molecule has 0 heterocycles. The van der Waals surface area contributed by atoms with E-state index in [1.165, 1.54) is 60.2 Å². The SMILES string of the molecule is CCCCCc1cc(F)c(C2=Cc3cc(F)c(-c4ccc(F)cc4)c(F)c3CC2)c(F)c1.CCc1ccc(C2=Cc3cc(F)c(-c4ccc(OC(F)(F)F)cc4)c(F)c3CC2)cc1. The van der Waals surface area contributed by atoms with Crippen molar-refractivity contribution in [1.82, 2.24) is 0 Å². The van der Waals surface area contributed by atoms with Crippen molar-refractivity contribution >= 4 is 23.3 Å². The van der Waals surface area contributed by atoms with Crippen molar-refractivity contribution in [2.45, 2.75) is 78.0 Å². The lowest BCUT2D eigenvalue weighted by molar-refractivity contribution is -0.274. The first-order valence-corrected chi connectivity index (χ1v) is 20.8. The Bertz CT molecular complexity index is 2650. The maximum Gasteiger partial charge on any atom is 0.573 e. The molecular weight excluding hydrogens is 831 g/mol. The van der Waals surface area contributed by atoms with Crippen molar-refractivity contribution < 1.29 is 48.6 Å². The number of benzene rings is 6. The summed E-state index contributed by atoms with van der Waals surface area (Å²) < 4.78 is 144. The molecule has 8 rings (SSSR count). The first-order chi connectivity index (χ1) is 30.1. The van der Waals surface area contributed by atoms with Gasteiger partial charge in [0, 0.05) is 5.56 Å². The Balaban J connectivity index is 0.000000189. The summed E-state index contributed by atoms with van der Waals surface area (Å²) in [5.41, 5.74) is 5.43. The van der Waals surface area contributed by atoms with Crippen LogP contribution < -0.4 is 4.74 Å². The fraction of sp³-hybridized carbons (Fsp3) is 0.231. The van der Waals surface area contributed by atoms with E-state index >= 15 is 8.78 Å². The molecule has 0 radical (unpaired) electrons. The third-order valence-electron chi connectivity index (χ3n) is 11.4. The average molecular weight is 873 g/mol. The topological polar surface area (TPSA) is 9.23 Å². The Morgan fingerprint density at radius 1 is 0.492 bits per heavy atom. The number of rotatable bonds is 10. The summed E-state index contributed by atoms with van der Waals surface area (Å²) in [5, 5.41) is 0. The first kappa shape index (κ1) is 44.9. The first-order valence-electron chi connectivity index (χ1n) is 20.8. The van der Waals surface area contributed by atoms with Crippen LogP contribution in [0.3, 0.4) is 0 Å². The van der Waals surface area contributed by atoms with Gasteiger partial charge in [-0.15, -0.1) is 13.2 Å². The van der Waals surface area contributed by atoms with Gasteiger partial charge in [0.15, 0.2) is 0 Å². The lowest BCUT2D eigenvalue weighted by Gasteiger charge is -2.21. The maximum atomic E-state index is 15.2. The standard InChI is InChI=1S/C27H23F5.C25H19F5O/c1-2-3-4-5-16-12-22(29)25(23(30)13-16)18-8-11-21-19(14-18)15-24(31)26(27(21)32)17-6-9-20(28)10-7-17;1-2-15-3-5-16(6-4-15)18-9-12-21-19(13-18)14-22(26)23(24(21)27)17-7-10-20(11-8-17)31-25(28,29)30/h6-7,9-10,12-15H,2-5,8,11H2,1H3;3-8,10-11,13-14H,2,9,12H2,1H3. The van der Waals surface area contributed by atoms with Crippen LogP contribution in [0.1, 0.15) is 90.5 Å². The Morgan fingerprint density at radius 3 is 1.48 bits per heavy atom. The minimum atomic E-state index is -4.83. The molecule has 0 fully saturated rings. The van der Waals surface area contributed by atoms with Crippen LogP contribution in [0.15, 0.2) is 97.1 Å². The van der Waals surface area contributed by atoms with Crippen LogP contribution in [-0.2, 0) is 25.7 Å². The summed E-state index contributed by atoms with van der Waals surface area (Å²) in [6.45, 7) is 4.14. The summed E-state index contributed by atoms with van der Waals surface area (Å²) in [6.07, 6.45) is 4.26. The second-order valence-electron chi connectivity index (χ2n) is 15.6. The van der Waals surface area contributed by atoms with E-state index in [0.717, 1.165) is 61.1 Å². The molecule has 2 aliphatic rings. The van der Waals surface area contributed by atoms with Crippen LogP contribution in [0.25, 0.3) is 45.6 Å². The predicted octanol–water partition coefficient (Wildman–Crippen LogP) is 15.8. The summed E-state index contributed by atoms with van der Waals surface area (Å²) in [5.74, 6) is -5.25. The van der Waals surface area contributed by atoms with Gasteiger partial charge in [0.05, 0.1) is 11.1 Å². The van der Waals surface area contributed by atoms with Crippen LogP contribution in [-0.4, -0.2) is 6.36 Å². The largest absolute Gasteiger partial charge is 0.573 e.